The summed E-state index contributed by atoms with van der Waals surface area (Å²) in [6, 6.07) is 2.18. The number of hydrogen-bond acceptors (Lipinski definition) is 5. The van der Waals surface area contributed by atoms with Gasteiger partial charge in [0.25, 0.3) is 0 Å². The lowest BCUT2D eigenvalue weighted by Crippen LogP contribution is -2.31. The molecule has 1 aromatic heterocycles. The molecule has 0 aromatic carbocycles. The molecule has 0 aliphatic rings. The van der Waals surface area contributed by atoms with Gasteiger partial charge in [-0.3, -0.25) is 0 Å². The van der Waals surface area contributed by atoms with E-state index in [1.165, 1.54) is 0 Å². The fraction of sp³-hybridized carbons (Fsp3) is 0.300. The predicted octanol–water partition coefficient (Wildman–Crippen LogP) is 0.634. The molecule has 7 nitrogen and oxygen atoms in total. The quantitative estimate of drug-likeness (QED) is 0.444. The largest absolute Gasteiger partial charge is 0.363 e. The zero-order valence-corrected chi connectivity index (χ0v) is 10.4. The van der Waals surface area contributed by atoms with E-state index in [2.05, 4.69) is 10.9 Å². The maximum atomic E-state index is 12.1. The maximum Gasteiger partial charge on any atom is 0.363 e. The summed E-state index contributed by atoms with van der Waals surface area (Å²) in [7, 11) is -3.75. The molecule has 18 heavy (non-hydrogen) atoms. The van der Waals surface area contributed by atoms with Crippen LogP contribution in [0.3, 0.4) is 0 Å². The van der Waals surface area contributed by atoms with Crippen molar-refractivity contribution in [2.75, 3.05) is 13.1 Å². The number of nitro groups is 1. The van der Waals surface area contributed by atoms with Crippen LogP contribution in [0.5, 0.6) is 0 Å². The highest BCUT2D eigenvalue weighted by Gasteiger charge is 2.24. The molecule has 1 heterocycles. The van der Waals surface area contributed by atoms with Gasteiger partial charge in [-0.15, -0.1) is 6.42 Å². The molecule has 0 unspecified atom stereocenters. The highest BCUT2D eigenvalue weighted by molar-refractivity contribution is 7.89. The standard InChI is InChI=1S/C10H11N3O4S/c1-3-7-12(4-2)18(16,17)9-5-6-10(11-8-9)13(14)15/h1,5-6,8H,4,7H2,2H3. The molecule has 0 amide bonds. The molecular weight excluding hydrogens is 258 g/mol. The Balaban J connectivity index is 3.13. The lowest BCUT2D eigenvalue weighted by atomic mass is 10.5. The second kappa shape index (κ2) is 5.57. The molecule has 0 aliphatic heterocycles. The summed E-state index contributed by atoms with van der Waals surface area (Å²) in [6.45, 7) is 1.80. The van der Waals surface area contributed by atoms with E-state index in [9.17, 15) is 18.5 Å². The van der Waals surface area contributed by atoms with Crippen molar-refractivity contribution in [2.45, 2.75) is 11.8 Å². The number of hydrogen-bond donors (Lipinski definition) is 0. The Kier molecular flexibility index (Phi) is 4.36. The van der Waals surface area contributed by atoms with Crippen molar-refractivity contribution in [3.05, 3.63) is 28.4 Å². The average molecular weight is 269 g/mol. The fourth-order valence-electron chi connectivity index (χ4n) is 1.25. The Labute approximate surface area is 105 Å². The minimum Gasteiger partial charge on any atom is -0.358 e. The summed E-state index contributed by atoms with van der Waals surface area (Å²) in [4.78, 5) is 13.1. The Hall–Kier alpha value is -1.98. The van der Waals surface area contributed by atoms with Crippen molar-refractivity contribution in [3.8, 4) is 12.3 Å². The summed E-state index contributed by atoms with van der Waals surface area (Å²) < 4.78 is 25.2. The van der Waals surface area contributed by atoms with Crippen LogP contribution < -0.4 is 0 Å². The van der Waals surface area contributed by atoms with Gasteiger partial charge in [0, 0.05) is 12.6 Å². The summed E-state index contributed by atoms with van der Waals surface area (Å²) in [5, 5.41) is 10.4. The molecule has 0 aliphatic carbocycles. The second-order valence-electron chi connectivity index (χ2n) is 3.24. The lowest BCUT2D eigenvalue weighted by Gasteiger charge is -2.16. The van der Waals surface area contributed by atoms with Gasteiger partial charge in [-0.05, 0) is 16.0 Å². The number of terminal acetylenes is 1. The van der Waals surface area contributed by atoms with E-state index in [0.717, 1.165) is 22.6 Å². The first-order valence-corrected chi connectivity index (χ1v) is 6.41. The predicted molar refractivity (Wildman–Crippen MR) is 64.2 cm³/mol. The molecule has 0 bridgehead atoms. The highest BCUT2D eigenvalue weighted by Crippen LogP contribution is 2.16. The first-order chi connectivity index (χ1) is 8.43. The number of rotatable bonds is 5. The minimum absolute atomic E-state index is 0.0597. The molecule has 0 N–H and O–H groups in total. The molecule has 0 saturated heterocycles. The lowest BCUT2D eigenvalue weighted by molar-refractivity contribution is -0.389. The van der Waals surface area contributed by atoms with Crippen molar-refractivity contribution < 1.29 is 13.3 Å². The van der Waals surface area contributed by atoms with Crippen LogP contribution >= 0.6 is 0 Å². The third-order valence-electron chi connectivity index (χ3n) is 2.17. The Morgan fingerprint density at radius 2 is 2.22 bits per heavy atom. The summed E-state index contributed by atoms with van der Waals surface area (Å²) in [6.07, 6.45) is 6.03. The monoisotopic (exact) mass is 269 g/mol. The first-order valence-electron chi connectivity index (χ1n) is 4.97. The van der Waals surface area contributed by atoms with Gasteiger partial charge in [0.15, 0.2) is 6.20 Å². The van der Waals surface area contributed by atoms with E-state index < -0.39 is 20.8 Å². The van der Waals surface area contributed by atoms with E-state index in [1.807, 2.05) is 0 Å². The van der Waals surface area contributed by atoms with Crippen LogP contribution in [0.15, 0.2) is 23.2 Å². The van der Waals surface area contributed by atoms with Crippen LogP contribution in [0.1, 0.15) is 6.92 Å². The zero-order chi connectivity index (χ0) is 13.8. The van der Waals surface area contributed by atoms with Crippen LogP contribution in [-0.2, 0) is 10.0 Å². The Bertz CT molecular complexity index is 574. The van der Waals surface area contributed by atoms with Crippen molar-refractivity contribution in [1.29, 1.82) is 0 Å². The summed E-state index contributed by atoms with van der Waals surface area (Å²) in [5.74, 6) is 1.83. The van der Waals surface area contributed by atoms with Crippen LogP contribution in [0.25, 0.3) is 0 Å². The van der Waals surface area contributed by atoms with Gasteiger partial charge in [0.2, 0.25) is 10.0 Å². The highest BCUT2D eigenvalue weighted by atomic mass is 32.2. The van der Waals surface area contributed by atoms with E-state index in [0.29, 0.717) is 0 Å². The number of pyridine rings is 1. The topological polar surface area (TPSA) is 93.4 Å². The van der Waals surface area contributed by atoms with Crippen molar-refractivity contribution in [2.24, 2.45) is 0 Å². The number of aromatic nitrogens is 1. The SMILES string of the molecule is C#CCN(CC)S(=O)(=O)c1ccc([N+](=O)[O-])nc1. The van der Waals surface area contributed by atoms with Gasteiger partial charge in [-0.1, -0.05) is 12.8 Å². The smallest absolute Gasteiger partial charge is 0.358 e. The van der Waals surface area contributed by atoms with Crippen molar-refractivity contribution in [1.82, 2.24) is 9.29 Å². The average Bonchev–Trinajstić information content (AvgIpc) is 2.35. The molecule has 0 fully saturated rings. The van der Waals surface area contributed by atoms with E-state index in [-0.39, 0.29) is 18.0 Å². The van der Waals surface area contributed by atoms with Gasteiger partial charge in [-0.2, -0.15) is 4.31 Å². The summed E-state index contributed by atoms with van der Waals surface area (Å²) >= 11 is 0. The third-order valence-corrected chi connectivity index (χ3v) is 4.07. The Morgan fingerprint density at radius 3 is 2.61 bits per heavy atom. The van der Waals surface area contributed by atoms with Crippen LogP contribution in [-0.4, -0.2) is 35.7 Å². The van der Waals surface area contributed by atoms with Crippen LogP contribution in [0.4, 0.5) is 5.82 Å². The van der Waals surface area contributed by atoms with Gasteiger partial charge in [-0.25, -0.2) is 8.42 Å². The number of nitrogens with zero attached hydrogens (tertiary/aromatic N) is 3. The van der Waals surface area contributed by atoms with E-state index in [4.69, 9.17) is 6.42 Å². The minimum atomic E-state index is -3.75. The van der Waals surface area contributed by atoms with Crippen molar-refractivity contribution in [3.63, 3.8) is 0 Å². The number of sulfonamides is 1. The van der Waals surface area contributed by atoms with Crippen LogP contribution in [0, 0.1) is 22.5 Å². The third kappa shape index (κ3) is 2.82. The van der Waals surface area contributed by atoms with Gasteiger partial charge >= 0.3 is 5.82 Å². The van der Waals surface area contributed by atoms with Crippen LogP contribution in [0.2, 0.25) is 0 Å². The maximum absolute atomic E-state index is 12.1. The molecular formula is C10H11N3O4S. The summed E-state index contributed by atoms with van der Waals surface area (Å²) in [5.41, 5.74) is 0. The second-order valence-corrected chi connectivity index (χ2v) is 5.18. The fourth-order valence-corrected chi connectivity index (χ4v) is 2.56. The first kappa shape index (κ1) is 14.1. The normalized spacial score (nSPS) is 11.2. The van der Waals surface area contributed by atoms with E-state index in [1.54, 1.807) is 6.92 Å². The van der Waals surface area contributed by atoms with Gasteiger partial charge in [0.1, 0.15) is 4.90 Å². The Morgan fingerprint density at radius 1 is 1.56 bits per heavy atom. The molecule has 0 atom stereocenters. The van der Waals surface area contributed by atoms with Gasteiger partial charge < -0.3 is 10.1 Å². The molecule has 1 rings (SSSR count). The van der Waals surface area contributed by atoms with Gasteiger partial charge in [0.05, 0.1) is 6.54 Å². The molecule has 0 spiro atoms. The molecule has 8 heteroatoms. The van der Waals surface area contributed by atoms with E-state index >= 15 is 0 Å². The molecule has 1 aromatic rings. The molecule has 96 valence electrons. The molecule has 0 saturated carbocycles. The van der Waals surface area contributed by atoms with Crippen molar-refractivity contribution >= 4 is 15.8 Å². The molecule has 0 radical (unpaired) electrons. The zero-order valence-electron chi connectivity index (χ0n) is 9.61.